The second-order valence-corrected chi connectivity index (χ2v) is 5.45. The van der Waals surface area contributed by atoms with Crippen LogP contribution < -0.4 is 10.6 Å². The first kappa shape index (κ1) is 13.3. The van der Waals surface area contributed by atoms with Crippen molar-refractivity contribution in [2.45, 2.75) is 13.0 Å². The lowest BCUT2D eigenvalue weighted by Gasteiger charge is -2.02. The van der Waals surface area contributed by atoms with Crippen LogP contribution in [0.15, 0.2) is 24.3 Å². The van der Waals surface area contributed by atoms with Gasteiger partial charge in [0, 0.05) is 41.5 Å². The smallest absolute Gasteiger partial charge is 0.221 e. The lowest BCUT2D eigenvalue weighted by atomic mass is 10.2. The van der Waals surface area contributed by atoms with Gasteiger partial charge in [0.15, 0.2) is 0 Å². The van der Waals surface area contributed by atoms with E-state index < -0.39 is 0 Å². The van der Waals surface area contributed by atoms with Gasteiger partial charge >= 0.3 is 0 Å². The van der Waals surface area contributed by atoms with Crippen LogP contribution in [0.3, 0.4) is 0 Å². The van der Waals surface area contributed by atoms with E-state index in [-0.39, 0.29) is 5.91 Å². The van der Waals surface area contributed by atoms with Gasteiger partial charge in [0.2, 0.25) is 5.91 Å². The Morgan fingerprint density at radius 2 is 2.17 bits per heavy atom. The zero-order chi connectivity index (χ0) is 13.0. The molecule has 18 heavy (non-hydrogen) atoms. The zero-order valence-electron chi connectivity index (χ0n) is 10.1. The average Bonchev–Trinajstić information content (AvgIpc) is 2.72. The van der Waals surface area contributed by atoms with Crippen molar-refractivity contribution in [1.82, 2.24) is 10.6 Å². The summed E-state index contributed by atoms with van der Waals surface area (Å²) in [6, 6.07) is 8.10. The predicted octanol–water partition coefficient (Wildman–Crippen LogP) is 2.78. The normalized spacial score (nSPS) is 10.8. The van der Waals surface area contributed by atoms with Crippen molar-refractivity contribution >= 4 is 38.9 Å². The summed E-state index contributed by atoms with van der Waals surface area (Å²) >= 11 is 8.01. The summed E-state index contributed by atoms with van der Waals surface area (Å²) in [5.74, 6) is 0.0462. The number of hydrogen-bond acceptors (Lipinski definition) is 3. The van der Waals surface area contributed by atoms with Gasteiger partial charge < -0.3 is 10.6 Å². The van der Waals surface area contributed by atoms with Gasteiger partial charge in [-0.15, -0.1) is 11.3 Å². The number of fused-ring (bicyclic) bond motifs is 1. The molecule has 1 aromatic carbocycles. The summed E-state index contributed by atoms with van der Waals surface area (Å²) < 4.78 is 1.20. The van der Waals surface area contributed by atoms with Crippen molar-refractivity contribution in [2.75, 3.05) is 13.6 Å². The molecule has 1 heterocycles. The molecule has 5 heteroatoms. The number of amides is 1. The van der Waals surface area contributed by atoms with Crippen LogP contribution in [-0.2, 0) is 11.3 Å². The van der Waals surface area contributed by atoms with Crippen molar-refractivity contribution in [3.8, 4) is 0 Å². The van der Waals surface area contributed by atoms with Crippen LogP contribution in [0.1, 0.15) is 11.3 Å². The van der Waals surface area contributed by atoms with Crippen LogP contribution in [-0.4, -0.2) is 19.5 Å². The van der Waals surface area contributed by atoms with Gasteiger partial charge in [-0.3, -0.25) is 4.79 Å². The minimum atomic E-state index is 0.0462. The summed E-state index contributed by atoms with van der Waals surface area (Å²) in [6.07, 6.45) is 0.485. The molecule has 0 saturated heterocycles. The first-order valence-corrected chi connectivity index (χ1v) is 6.99. The number of carbonyl (C=O) groups is 1. The van der Waals surface area contributed by atoms with Crippen molar-refractivity contribution in [3.05, 3.63) is 34.2 Å². The number of hydrogen-bond donors (Lipinski definition) is 2. The van der Waals surface area contributed by atoms with Gasteiger partial charge in [-0.25, -0.2) is 0 Å². The van der Waals surface area contributed by atoms with E-state index in [0.717, 1.165) is 15.3 Å². The summed E-state index contributed by atoms with van der Waals surface area (Å²) in [5.41, 5.74) is 0. The minimum absolute atomic E-state index is 0.0462. The SMILES string of the molecule is CNC(=O)CCNCc1sc2ccccc2c1Cl. The number of thiophene rings is 1. The fourth-order valence-corrected chi connectivity index (χ4v) is 3.18. The second kappa shape index (κ2) is 6.18. The Morgan fingerprint density at radius 3 is 2.89 bits per heavy atom. The third-order valence-corrected chi connectivity index (χ3v) is 4.41. The lowest BCUT2D eigenvalue weighted by Crippen LogP contribution is -2.24. The van der Waals surface area contributed by atoms with E-state index in [1.54, 1.807) is 18.4 Å². The Morgan fingerprint density at radius 1 is 1.39 bits per heavy atom. The van der Waals surface area contributed by atoms with Gasteiger partial charge in [-0.05, 0) is 6.07 Å². The molecule has 0 spiro atoms. The Hall–Kier alpha value is -1.10. The number of carbonyl (C=O) groups excluding carboxylic acids is 1. The highest BCUT2D eigenvalue weighted by molar-refractivity contribution is 7.19. The molecule has 0 bridgehead atoms. The molecule has 0 aliphatic rings. The molecular weight excluding hydrogens is 268 g/mol. The molecule has 0 radical (unpaired) electrons. The van der Waals surface area contributed by atoms with Gasteiger partial charge in [-0.1, -0.05) is 29.8 Å². The molecule has 0 fully saturated rings. The fourth-order valence-electron chi connectivity index (χ4n) is 1.71. The second-order valence-electron chi connectivity index (χ2n) is 3.94. The highest BCUT2D eigenvalue weighted by Gasteiger charge is 2.09. The van der Waals surface area contributed by atoms with Crippen LogP contribution in [0.25, 0.3) is 10.1 Å². The molecule has 96 valence electrons. The summed E-state index contributed by atoms with van der Waals surface area (Å²) in [6.45, 7) is 1.36. The van der Waals surface area contributed by atoms with E-state index >= 15 is 0 Å². The quantitative estimate of drug-likeness (QED) is 0.828. The summed E-state index contributed by atoms with van der Waals surface area (Å²) in [4.78, 5) is 12.2. The molecule has 1 aromatic heterocycles. The molecule has 0 atom stereocenters. The van der Waals surface area contributed by atoms with E-state index in [0.29, 0.717) is 19.5 Å². The van der Waals surface area contributed by atoms with Crippen molar-refractivity contribution in [2.24, 2.45) is 0 Å². The number of rotatable bonds is 5. The monoisotopic (exact) mass is 282 g/mol. The number of benzene rings is 1. The van der Waals surface area contributed by atoms with E-state index in [9.17, 15) is 4.79 Å². The first-order chi connectivity index (χ1) is 8.72. The first-order valence-electron chi connectivity index (χ1n) is 5.79. The molecular formula is C13H15ClN2OS. The van der Waals surface area contributed by atoms with Crippen LogP contribution in [0.4, 0.5) is 0 Å². The highest BCUT2D eigenvalue weighted by Crippen LogP contribution is 2.34. The van der Waals surface area contributed by atoms with Crippen LogP contribution in [0.5, 0.6) is 0 Å². The maximum absolute atomic E-state index is 11.1. The Kier molecular flexibility index (Phi) is 4.58. The molecule has 1 amide bonds. The largest absolute Gasteiger partial charge is 0.359 e. The zero-order valence-corrected chi connectivity index (χ0v) is 11.7. The molecule has 2 N–H and O–H groups in total. The van der Waals surface area contributed by atoms with Crippen LogP contribution >= 0.6 is 22.9 Å². The van der Waals surface area contributed by atoms with Gasteiger partial charge in [0.25, 0.3) is 0 Å². The number of halogens is 1. The third kappa shape index (κ3) is 3.02. The topological polar surface area (TPSA) is 41.1 Å². The summed E-state index contributed by atoms with van der Waals surface area (Å²) in [5, 5.41) is 7.75. The van der Waals surface area contributed by atoms with E-state index in [4.69, 9.17) is 11.6 Å². The number of nitrogens with one attached hydrogen (secondary N) is 2. The predicted molar refractivity (Wildman–Crippen MR) is 77.2 cm³/mol. The molecule has 2 rings (SSSR count). The van der Waals surface area contributed by atoms with E-state index in [2.05, 4.69) is 16.7 Å². The van der Waals surface area contributed by atoms with Gasteiger partial charge in [0.05, 0.1) is 5.02 Å². The average molecular weight is 283 g/mol. The molecule has 2 aromatic rings. The molecule has 3 nitrogen and oxygen atoms in total. The summed E-state index contributed by atoms with van der Waals surface area (Å²) in [7, 11) is 1.64. The lowest BCUT2D eigenvalue weighted by molar-refractivity contribution is -0.120. The van der Waals surface area contributed by atoms with Gasteiger partial charge in [-0.2, -0.15) is 0 Å². The van der Waals surface area contributed by atoms with Gasteiger partial charge in [0.1, 0.15) is 0 Å². The standard InChI is InChI=1S/C13H15ClN2OS/c1-15-12(17)6-7-16-8-11-13(14)9-4-2-3-5-10(9)18-11/h2-5,16H,6-8H2,1H3,(H,15,17). The highest BCUT2D eigenvalue weighted by atomic mass is 35.5. The minimum Gasteiger partial charge on any atom is -0.359 e. The Bertz CT molecular complexity index is 553. The Balaban J connectivity index is 1.95. The van der Waals surface area contributed by atoms with E-state index in [1.807, 2.05) is 18.2 Å². The molecule has 0 saturated carbocycles. The maximum Gasteiger partial charge on any atom is 0.221 e. The molecule has 0 aliphatic carbocycles. The molecule has 0 unspecified atom stereocenters. The van der Waals surface area contributed by atoms with Crippen molar-refractivity contribution < 1.29 is 4.79 Å². The van der Waals surface area contributed by atoms with Crippen LogP contribution in [0.2, 0.25) is 5.02 Å². The fraction of sp³-hybridized carbons (Fsp3) is 0.308. The Labute approximate surface area is 115 Å². The molecule has 0 aliphatic heterocycles. The van der Waals surface area contributed by atoms with E-state index in [1.165, 1.54) is 4.70 Å². The maximum atomic E-state index is 11.1. The third-order valence-electron chi connectivity index (χ3n) is 2.69. The van der Waals surface area contributed by atoms with Crippen molar-refractivity contribution in [3.63, 3.8) is 0 Å². The van der Waals surface area contributed by atoms with Crippen LogP contribution in [0, 0.1) is 0 Å². The van der Waals surface area contributed by atoms with Crippen molar-refractivity contribution in [1.29, 1.82) is 0 Å².